The summed E-state index contributed by atoms with van der Waals surface area (Å²) in [6.45, 7) is 1.36. The number of nitrogens with zero attached hydrogens (tertiary/aromatic N) is 2. The van der Waals surface area contributed by atoms with Gasteiger partial charge in [0.25, 0.3) is 5.24 Å². The molecule has 0 atom stereocenters. The molecular weight excluding hydrogens is 252 g/mol. The third-order valence-corrected chi connectivity index (χ3v) is 4.69. The van der Waals surface area contributed by atoms with Crippen molar-refractivity contribution in [2.45, 2.75) is 31.7 Å². The van der Waals surface area contributed by atoms with Gasteiger partial charge in [0, 0.05) is 25.0 Å². The van der Waals surface area contributed by atoms with Gasteiger partial charge in [-0.2, -0.15) is 0 Å². The van der Waals surface area contributed by atoms with Gasteiger partial charge in [0.05, 0.1) is 5.75 Å². The monoisotopic (exact) mass is 268 g/mol. The van der Waals surface area contributed by atoms with E-state index in [9.17, 15) is 14.4 Å². The second-order valence-electron chi connectivity index (χ2n) is 5.15. The molecule has 0 spiro atoms. The summed E-state index contributed by atoms with van der Waals surface area (Å²) >= 11 is 1.09. The topological polar surface area (TPSA) is 57.7 Å². The third kappa shape index (κ3) is 2.13. The number of piperidine rings is 1. The maximum absolute atomic E-state index is 11.9. The zero-order chi connectivity index (χ0) is 12.7. The molecule has 5 nitrogen and oxygen atoms in total. The van der Waals surface area contributed by atoms with Crippen molar-refractivity contribution in [2.24, 2.45) is 5.92 Å². The summed E-state index contributed by atoms with van der Waals surface area (Å²) in [7, 11) is 0. The molecule has 0 bridgehead atoms. The Hall–Kier alpha value is -1.04. The van der Waals surface area contributed by atoms with Gasteiger partial charge >= 0.3 is 0 Å². The largest absolute Gasteiger partial charge is 0.342 e. The van der Waals surface area contributed by atoms with E-state index in [1.807, 2.05) is 4.90 Å². The second kappa shape index (κ2) is 4.57. The van der Waals surface area contributed by atoms with Crippen molar-refractivity contribution in [3.63, 3.8) is 0 Å². The summed E-state index contributed by atoms with van der Waals surface area (Å²) < 4.78 is 0. The average molecular weight is 268 g/mol. The smallest absolute Gasteiger partial charge is 0.289 e. The van der Waals surface area contributed by atoms with Crippen molar-refractivity contribution in [3.05, 3.63) is 0 Å². The summed E-state index contributed by atoms with van der Waals surface area (Å²) in [4.78, 5) is 38.4. The maximum atomic E-state index is 11.9. The number of imide groups is 1. The number of amides is 3. The predicted octanol–water partition coefficient (Wildman–Crippen LogP) is 1.08. The van der Waals surface area contributed by atoms with Crippen molar-refractivity contribution in [1.82, 2.24) is 9.80 Å². The van der Waals surface area contributed by atoms with Crippen molar-refractivity contribution in [1.29, 1.82) is 0 Å². The van der Waals surface area contributed by atoms with Crippen LogP contribution in [0.4, 0.5) is 4.79 Å². The Balaban J connectivity index is 1.57. The van der Waals surface area contributed by atoms with E-state index in [1.54, 1.807) is 0 Å². The first-order valence-corrected chi connectivity index (χ1v) is 7.43. The molecule has 3 rings (SSSR count). The fourth-order valence-electron chi connectivity index (χ4n) is 2.65. The summed E-state index contributed by atoms with van der Waals surface area (Å²) in [6.07, 6.45) is 3.52. The molecule has 0 unspecified atom stereocenters. The van der Waals surface area contributed by atoms with Crippen LogP contribution in [0.15, 0.2) is 0 Å². The molecule has 0 aromatic carbocycles. The standard InChI is InChI=1S/C12H16N2O3S/c15-10-7-18-12(17)14(10)9-3-5-13(6-4-9)11(16)8-1-2-8/h8-9H,1-7H2. The Kier molecular flexibility index (Phi) is 3.05. The lowest BCUT2D eigenvalue weighted by atomic mass is 10.0. The van der Waals surface area contributed by atoms with Crippen molar-refractivity contribution in [3.8, 4) is 0 Å². The highest BCUT2D eigenvalue weighted by Gasteiger charge is 2.40. The molecule has 1 aliphatic carbocycles. The number of rotatable bonds is 2. The van der Waals surface area contributed by atoms with Crippen LogP contribution in [-0.2, 0) is 9.59 Å². The van der Waals surface area contributed by atoms with Gasteiger partial charge in [0.15, 0.2) is 0 Å². The van der Waals surface area contributed by atoms with E-state index in [-0.39, 0.29) is 34.8 Å². The first-order valence-electron chi connectivity index (χ1n) is 6.44. The number of carbonyl (C=O) groups is 3. The van der Waals surface area contributed by atoms with E-state index in [0.29, 0.717) is 13.1 Å². The van der Waals surface area contributed by atoms with Gasteiger partial charge in [0.2, 0.25) is 11.8 Å². The van der Waals surface area contributed by atoms with Gasteiger partial charge in [0.1, 0.15) is 0 Å². The SMILES string of the molecule is O=C(C1CC1)N1CCC(N2C(=O)CSC2=O)CC1. The number of carbonyl (C=O) groups excluding carboxylic acids is 3. The minimum atomic E-state index is -0.119. The quantitative estimate of drug-likeness (QED) is 0.752. The van der Waals surface area contributed by atoms with E-state index >= 15 is 0 Å². The number of thioether (sulfide) groups is 1. The number of likely N-dealkylation sites (tertiary alicyclic amines) is 1. The third-order valence-electron chi connectivity index (χ3n) is 3.85. The molecule has 1 saturated carbocycles. The Labute approximate surface area is 110 Å². The maximum Gasteiger partial charge on any atom is 0.289 e. The molecule has 0 N–H and O–H groups in total. The van der Waals surface area contributed by atoms with E-state index in [0.717, 1.165) is 37.4 Å². The first kappa shape index (κ1) is 12.0. The molecule has 2 heterocycles. The molecule has 18 heavy (non-hydrogen) atoms. The van der Waals surface area contributed by atoms with Crippen LogP contribution in [0, 0.1) is 5.92 Å². The Morgan fingerprint density at radius 2 is 1.78 bits per heavy atom. The Bertz CT molecular complexity index is 384. The van der Waals surface area contributed by atoms with Gasteiger partial charge in [-0.1, -0.05) is 11.8 Å². The van der Waals surface area contributed by atoms with Gasteiger partial charge in [-0.3, -0.25) is 19.3 Å². The highest BCUT2D eigenvalue weighted by atomic mass is 32.2. The minimum absolute atomic E-state index is 0.00301. The molecule has 3 aliphatic rings. The van der Waals surface area contributed by atoms with Crippen LogP contribution >= 0.6 is 11.8 Å². The molecule has 6 heteroatoms. The fraction of sp³-hybridized carbons (Fsp3) is 0.750. The van der Waals surface area contributed by atoms with Crippen LogP contribution in [0.25, 0.3) is 0 Å². The predicted molar refractivity (Wildman–Crippen MR) is 67.0 cm³/mol. The normalized spacial score (nSPS) is 26.0. The first-order chi connectivity index (χ1) is 8.66. The van der Waals surface area contributed by atoms with E-state index in [4.69, 9.17) is 0 Å². The molecular formula is C12H16N2O3S. The lowest BCUT2D eigenvalue weighted by molar-refractivity contribution is -0.134. The van der Waals surface area contributed by atoms with E-state index in [2.05, 4.69) is 0 Å². The van der Waals surface area contributed by atoms with Crippen molar-refractivity contribution in [2.75, 3.05) is 18.8 Å². The second-order valence-corrected chi connectivity index (χ2v) is 6.08. The molecule has 0 aromatic rings. The van der Waals surface area contributed by atoms with Crippen LogP contribution in [0.1, 0.15) is 25.7 Å². The number of hydrogen-bond donors (Lipinski definition) is 0. The summed E-state index contributed by atoms with van der Waals surface area (Å²) in [5.74, 6) is 0.728. The van der Waals surface area contributed by atoms with Crippen LogP contribution in [0.3, 0.4) is 0 Å². The Morgan fingerprint density at radius 1 is 1.11 bits per heavy atom. The van der Waals surface area contributed by atoms with Crippen molar-refractivity contribution >= 4 is 28.8 Å². The lowest BCUT2D eigenvalue weighted by Crippen LogP contribution is -2.48. The van der Waals surface area contributed by atoms with Crippen LogP contribution in [0.2, 0.25) is 0 Å². The lowest BCUT2D eigenvalue weighted by Gasteiger charge is -2.35. The van der Waals surface area contributed by atoms with Crippen LogP contribution in [0.5, 0.6) is 0 Å². The molecule has 0 aromatic heterocycles. The van der Waals surface area contributed by atoms with Gasteiger partial charge in [-0.25, -0.2) is 0 Å². The number of hydrogen-bond acceptors (Lipinski definition) is 4. The fourth-order valence-corrected chi connectivity index (χ4v) is 3.43. The van der Waals surface area contributed by atoms with Crippen LogP contribution in [-0.4, -0.2) is 51.7 Å². The summed E-state index contributed by atoms with van der Waals surface area (Å²) in [5, 5.41) is -0.119. The highest BCUT2D eigenvalue weighted by Crippen LogP contribution is 2.33. The van der Waals surface area contributed by atoms with Gasteiger partial charge < -0.3 is 4.90 Å². The molecule has 3 amide bonds. The molecule has 98 valence electrons. The summed E-state index contributed by atoms with van der Waals surface area (Å²) in [5.41, 5.74) is 0. The van der Waals surface area contributed by atoms with Crippen LogP contribution < -0.4 is 0 Å². The van der Waals surface area contributed by atoms with Crippen molar-refractivity contribution < 1.29 is 14.4 Å². The average Bonchev–Trinajstić information content (AvgIpc) is 3.16. The van der Waals surface area contributed by atoms with E-state index in [1.165, 1.54) is 4.90 Å². The molecule has 2 saturated heterocycles. The molecule has 3 fully saturated rings. The minimum Gasteiger partial charge on any atom is -0.342 e. The van der Waals surface area contributed by atoms with E-state index < -0.39 is 0 Å². The Morgan fingerprint density at radius 3 is 2.28 bits per heavy atom. The zero-order valence-electron chi connectivity index (χ0n) is 10.1. The highest BCUT2D eigenvalue weighted by molar-refractivity contribution is 8.14. The summed E-state index contributed by atoms with van der Waals surface area (Å²) in [6, 6.07) is 0.00301. The molecule has 2 aliphatic heterocycles. The molecule has 0 radical (unpaired) electrons. The van der Waals surface area contributed by atoms with Gasteiger partial charge in [-0.05, 0) is 25.7 Å². The zero-order valence-corrected chi connectivity index (χ0v) is 10.9. The van der Waals surface area contributed by atoms with Gasteiger partial charge in [-0.15, -0.1) is 0 Å².